The van der Waals surface area contributed by atoms with Gasteiger partial charge in [-0.15, -0.1) is 0 Å². The number of carbonyl (C=O) groups excluding carboxylic acids is 1. The quantitative estimate of drug-likeness (QED) is 0.0274. The van der Waals surface area contributed by atoms with Crippen molar-refractivity contribution in [3.05, 3.63) is 12.2 Å². The summed E-state index contributed by atoms with van der Waals surface area (Å²) < 4.78 is 23.2. The molecular weight excluding hydrogens is 732 g/mol. The second-order valence-electron chi connectivity index (χ2n) is 18.2. The number of quaternary nitrogens is 1. The summed E-state index contributed by atoms with van der Waals surface area (Å²) in [6.45, 7) is 4.70. The third kappa shape index (κ3) is 43.1. The first kappa shape index (κ1) is 56.2. The first-order valence-corrected chi connectivity index (χ1v) is 26.0. The van der Waals surface area contributed by atoms with Crippen LogP contribution in [0.3, 0.4) is 0 Å². The van der Waals surface area contributed by atoms with Gasteiger partial charge in [-0.3, -0.25) is 9.36 Å². The lowest BCUT2D eigenvalue weighted by atomic mass is 10.0. The molecule has 0 fully saturated rings. The van der Waals surface area contributed by atoms with Crippen LogP contribution >= 0.6 is 7.82 Å². The summed E-state index contributed by atoms with van der Waals surface area (Å²) in [5, 5.41) is 13.8. The van der Waals surface area contributed by atoms with E-state index in [2.05, 4.69) is 31.3 Å². The van der Waals surface area contributed by atoms with Crippen LogP contribution in [0.4, 0.5) is 0 Å². The molecule has 0 saturated heterocycles. The summed E-state index contributed by atoms with van der Waals surface area (Å²) in [6, 6.07) is -0.794. The van der Waals surface area contributed by atoms with Crippen molar-refractivity contribution in [2.45, 2.75) is 251 Å². The van der Waals surface area contributed by atoms with Gasteiger partial charge >= 0.3 is 0 Å². The summed E-state index contributed by atoms with van der Waals surface area (Å²) in [6.07, 6.45) is 46.8. The van der Waals surface area contributed by atoms with Crippen molar-refractivity contribution in [2.24, 2.45) is 0 Å². The van der Waals surface area contributed by atoms with Crippen LogP contribution in [0.15, 0.2) is 12.2 Å². The van der Waals surface area contributed by atoms with E-state index in [4.69, 9.17) is 9.05 Å². The molecule has 0 spiro atoms. The molecule has 0 bridgehead atoms. The fourth-order valence-electron chi connectivity index (χ4n) is 7.33. The maximum Gasteiger partial charge on any atom is 0.268 e. The number of phosphoric ester groups is 1. The summed E-state index contributed by atoms with van der Waals surface area (Å²) in [5.41, 5.74) is 0. The molecular formula is C48H97N2O6P. The number of aliphatic hydroxyl groups excluding tert-OH is 1. The van der Waals surface area contributed by atoms with Gasteiger partial charge in [0.15, 0.2) is 0 Å². The molecule has 2 N–H and O–H groups in total. The van der Waals surface area contributed by atoms with Crippen LogP contribution in [0.2, 0.25) is 0 Å². The Kier molecular flexibility index (Phi) is 40.1. The van der Waals surface area contributed by atoms with Gasteiger partial charge in [-0.05, 0) is 38.5 Å². The molecule has 3 unspecified atom stereocenters. The van der Waals surface area contributed by atoms with Gasteiger partial charge < -0.3 is 28.8 Å². The summed E-state index contributed by atoms with van der Waals surface area (Å²) in [7, 11) is 1.31. The minimum absolute atomic E-state index is 0.0142. The molecule has 0 aliphatic rings. The van der Waals surface area contributed by atoms with E-state index in [-0.39, 0.29) is 19.1 Å². The predicted molar refractivity (Wildman–Crippen MR) is 242 cm³/mol. The maximum absolute atomic E-state index is 12.8. The summed E-state index contributed by atoms with van der Waals surface area (Å²) in [4.78, 5) is 25.3. The van der Waals surface area contributed by atoms with E-state index in [1.54, 1.807) is 0 Å². The van der Waals surface area contributed by atoms with Crippen LogP contribution in [0, 0.1) is 0 Å². The van der Waals surface area contributed by atoms with Crippen LogP contribution in [0.25, 0.3) is 0 Å². The summed E-state index contributed by atoms with van der Waals surface area (Å²) >= 11 is 0. The van der Waals surface area contributed by atoms with Crippen molar-refractivity contribution in [3.63, 3.8) is 0 Å². The topological polar surface area (TPSA) is 108 Å². The fourth-order valence-corrected chi connectivity index (χ4v) is 8.05. The normalized spacial score (nSPS) is 14.3. The number of allylic oxidation sites excluding steroid dienone is 2. The van der Waals surface area contributed by atoms with Crippen molar-refractivity contribution in [1.82, 2.24) is 5.32 Å². The average molecular weight is 829 g/mol. The lowest BCUT2D eigenvalue weighted by molar-refractivity contribution is -0.870. The van der Waals surface area contributed by atoms with Gasteiger partial charge in [0.05, 0.1) is 39.9 Å². The van der Waals surface area contributed by atoms with Crippen molar-refractivity contribution in [1.29, 1.82) is 0 Å². The number of nitrogens with one attached hydrogen (secondary N) is 1. The molecule has 0 rings (SSSR count). The van der Waals surface area contributed by atoms with Crippen LogP contribution in [0.1, 0.15) is 239 Å². The molecule has 0 aromatic carbocycles. The predicted octanol–water partition coefficient (Wildman–Crippen LogP) is 13.3. The van der Waals surface area contributed by atoms with Gasteiger partial charge in [0, 0.05) is 6.42 Å². The first-order valence-electron chi connectivity index (χ1n) is 24.5. The number of rotatable bonds is 45. The van der Waals surface area contributed by atoms with E-state index in [1.807, 2.05) is 21.1 Å². The molecule has 0 saturated carbocycles. The van der Waals surface area contributed by atoms with Crippen molar-refractivity contribution in [3.8, 4) is 0 Å². The highest BCUT2D eigenvalue weighted by molar-refractivity contribution is 7.45. The Balaban J connectivity index is 3.99. The highest BCUT2D eigenvalue weighted by Gasteiger charge is 2.24. The minimum atomic E-state index is -4.55. The SMILES string of the molecule is CCCCCCCCCC/C=C\CCCCCCCCCCCCCCCCCC(=O)NC(COP(=O)([O-])OCC[N+](C)(C)C)C(O)CCCCCCCCCC. The monoisotopic (exact) mass is 829 g/mol. The Labute approximate surface area is 354 Å². The molecule has 0 aromatic heterocycles. The fraction of sp³-hybridized carbons (Fsp3) is 0.938. The Morgan fingerprint density at radius 2 is 0.965 bits per heavy atom. The number of nitrogens with zero attached hydrogens (tertiary/aromatic N) is 1. The second-order valence-corrected chi connectivity index (χ2v) is 19.6. The average Bonchev–Trinajstić information content (AvgIpc) is 3.16. The molecule has 3 atom stereocenters. The van der Waals surface area contributed by atoms with Gasteiger partial charge in [0.1, 0.15) is 13.2 Å². The first-order chi connectivity index (χ1) is 27.5. The molecule has 9 heteroatoms. The molecule has 1 amide bonds. The number of hydrogen-bond donors (Lipinski definition) is 2. The van der Waals surface area contributed by atoms with Crippen molar-refractivity contribution in [2.75, 3.05) is 40.9 Å². The Hall–Kier alpha value is -0.760. The number of unbranched alkanes of at least 4 members (excludes halogenated alkanes) is 30. The van der Waals surface area contributed by atoms with Crippen LogP contribution in [-0.2, 0) is 18.4 Å². The smallest absolute Gasteiger partial charge is 0.268 e. The van der Waals surface area contributed by atoms with Crippen molar-refractivity contribution >= 4 is 13.7 Å². The highest BCUT2D eigenvalue weighted by atomic mass is 31.2. The van der Waals surface area contributed by atoms with Crippen molar-refractivity contribution < 1.29 is 32.9 Å². The Bertz CT molecular complexity index is 942. The molecule has 0 aromatic rings. The Morgan fingerprint density at radius 1 is 0.596 bits per heavy atom. The number of amides is 1. The lowest BCUT2D eigenvalue weighted by Gasteiger charge is -2.30. The number of phosphoric acid groups is 1. The van der Waals surface area contributed by atoms with E-state index in [0.29, 0.717) is 23.9 Å². The zero-order valence-corrected chi connectivity index (χ0v) is 39.5. The number of carbonyl (C=O) groups is 1. The van der Waals surface area contributed by atoms with Gasteiger partial charge in [-0.1, -0.05) is 206 Å². The zero-order valence-electron chi connectivity index (χ0n) is 38.6. The second kappa shape index (κ2) is 40.6. The largest absolute Gasteiger partial charge is 0.756 e. The number of hydrogen-bond acceptors (Lipinski definition) is 6. The van der Waals surface area contributed by atoms with Crippen LogP contribution in [0.5, 0.6) is 0 Å². The molecule has 0 aliphatic carbocycles. The van der Waals surface area contributed by atoms with Gasteiger partial charge in [-0.2, -0.15) is 0 Å². The van der Waals surface area contributed by atoms with E-state index in [1.165, 1.54) is 173 Å². The molecule has 340 valence electrons. The van der Waals surface area contributed by atoms with Gasteiger partial charge in [0.25, 0.3) is 7.82 Å². The van der Waals surface area contributed by atoms with Gasteiger partial charge in [-0.25, -0.2) is 0 Å². The summed E-state index contributed by atoms with van der Waals surface area (Å²) in [5.74, 6) is -0.165. The molecule has 8 nitrogen and oxygen atoms in total. The van der Waals surface area contributed by atoms with E-state index >= 15 is 0 Å². The highest BCUT2D eigenvalue weighted by Crippen LogP contribution is 2.38. The maximum atomic E-state index is 12.8. The number of aliphatic hydroxyl groups is 1. The van der Waals surface area contributed by atoms with Crippen LogP contribution < -0.4 is 10.2 Å². The zero-order chi connectivity index (χ0) is 42.1. The molecule has 0 heterocycles. The molecule has 0 aliphatic heterocycles. The van der Waals surface area contributed by atoms with E-state index in [0.717, 1.165) is 38.5 Å². The standard InChI is InChI=1S/C48H97N2O6P/c1-6-8-10-12-14-16-17-18-19-20-21-22-23-24-25-26-27-28-29-30-31-32-33-34-36-38-40-42-48(52)49-46(45-56-57(53,54)55-44-43-50(3,4)5)47(51)41-39-37-35-15-13-11-9-7-2/h20-21,46-47,51H,6-19,22-45H2,1-5H3,(H-,49,52,53,54)/b21-20-. The molecule has 57 heavy (non-hydrogen) atoms. The minimum Gasteiger partial charge on any atom is -0.756 e. The van der Waals surface area contributed by atoms with Crippen LogP contribution in [-0.4, -0.2) is 68.5 Å². The molecule has 0 radical (unpaired) electrons. The Morgan fingerprint density at radius 3 is 1.37 bits per heavy atom. The number of likely N-dealkylation sites (N-methyl/N-ethyl adjacent to an activating group) is 1. The van der Waals surface area contributed by atoms with Gasteiger partial charge in [0.2, 0.25) is 5.91 Å². The lowest BCUT2D eigenvalue weighted by Crippen LogP contribution is -2.46. The van der Waals surface area contributed by atoms with E-state index < -0.39 is 20.0 Å². The third-order valence-electron chi connectivity index (χ3n) is 11.3. The van der Waals surface area contributed by atoms with E-state index in [9.17, 15) is 19.4 Å². The third-order valence-corrected chi connectivity index (χ3v) is 12.2.